The first-order valence-electron chi connectivity index (χ1n) is 11.2. The molecule has 1 amide bonds. The summed E-state index contributed by atoms with van der Waals surface area (Å²) >= 11 is 6.16. The highest BCUT2D eigenvalue weighted by Crippen LogP contribution is 2.45. The first-order valence-corrected chi connectivity index (χ1v) is 11.5. The van der Waals surface area contributed by atoms with E-state index in [9.17, 15) is 18.0 Å². The monoisotopic (exact) mass is 486 g/mol. The summed E-state index contributed by atoms with van der Waals surface area (Å²) in [6.07, 6.45) is 2.61. The van der Waals surface area contributed by atoms with Gasteiger partial charge in [0.2, 0.25) is 0 Å². The highest BCUT2D eigenvalue weighted by Gasteiger charge is 2.49. The molecule has 34 heavy (non-hydrogen) atoms. The second-order valence-electron chi connectivity index (χ2n) is 8.93. The molecule has 4 heterocycles. The lowest BCUT2D eigenvalue weighted by atomic mass is 9.86. The molecule has 0 saturated carbocycles. The number of pyridine rings is 1. The van der Waals surface area contributed by atoms with Crippen LogP contribution in [0.3, 0.4) is 0 Å². The number of alkyl halides is 3. The molecule has 9 heteroatoms. The Morgan fingerprint density at radius 2 is 1.91 bits per heavy atom. The molecule has 3 atom stereocenters. The Balaban J connectivity index is 1.41. The van der Waals surface area contributed by atoms with E-state index in [2.05, 4.69) is 15.0 Å². The lowest BCUT2D eigenvalue weighted by Crippen LogP contribution is -2.37. The molecule has 176 valence electrons. The van der Waals surface area contributed by atoms with Crippen molar-refractivity contribution in [2.24, 2.45) is 5.92 Å². The third-order valence-corrected chi connectivity index (χ3v) is 7.22. The molecule has 2 aliphatic heterocycles. The Kier molecular flexibility index (Phi) is 5.80. The van der Waals surface area contributed by atoms with Gasteiger partial charge in [-0.2, -0.15) is 13.2 Å². The molecular formula is C25H22ClF3N4O. The van der Waals surface area contributed by atoms with E-state index in [1.807, 2.05) is 30.0 Å². The average molecular weight is 487 g/mol. The van der Waals surface area contributed by atoms with Gasteiger partial charge in [0.15, 0.2) is 5.82 Å². The number of benzene rings is 1. The number of halogens is 4. The summed E-state index contributed by atoms with van der Waals surface area (Å²) in [5.41, 5.74) is 1.79. The van der Waals surface area contributed by atoms with Crippen LogP contribution in [0.5, 0.6) is 0 Å². The SMILES string of the molecule is Cc1cccc(C(=O)N2C3CCC2C(Cc2ncc(C(F)(F)F)cc2Cl)C3)c1-c1ncccn1. The van der Waals surface area contributed by atoms with Crippen molar-refractivity contribution in [1.29, 1.82) is 0 Å². The number of amides is 1. The standard InChI is InChI=1S/C25H22ClF3N4O/c1-14-4-2-5-18(22(14)23-30-8-3-9-31-23)24(34)33-17-6-7-21(33)15(10-17)11-20-19(26)12-16(13-32-20)25(27,28)29/h2-5,8-9,12-13,15,17,21H,6-7,10-11H2,1H3. The number of aromatic nitrogens is 3. The fraction of sp³-hybridized carbons (Fsp3) is 0.360. The van der Waals surface area contributed by atoms with Crippen LogP contribution in [-0.2, 0) is 12.6 Å². The lowest BCUT2D eigenvalue weighted by Gasteiger charge is -2.26. The Morgan fingerprint density at radius 3 is 2.62 bits per heavy atom. The fourth-order valence-electron chi connectivity index (χ4n) is 5.38. The minimum atomic E-state index is -4.49. The zero-order valence-electron chi connectivity index (χ0n) is 18.4. The molecule has 2 fully saturated rings. The summed E-state index contributed by atoms with van der Waals surface area (Å²) in [6.45, 7) is 1.93. The van der Waals surface area contributed by atoms with Crippen LogP contribution in [0, 0.1) is 12.8 Å². The largest absolute Gasteiger partial charge is 0.417 e. The molecule has 3 unspecified atom stereocenters. The van der Waals surface area contributed by atoms with Crippen molar-refractivity contribution in [3.63, 3.8) is 0 Å². The molecule has 5 nitrogen and oxygen atoms in total. The number of aryl methyl sites for hydroxylation is 1. The molecule has 2 aromatic heterocycles. The van der Waals surface area contributed by atoms with E-state index in [1.165, 1.54) is 0 Å². The predicted molar refractivity (Wildman–Crippen MR) is 121 cm³/mol. The van der Waals surface area contributed by atoms with Crippen molar-refractivity contribution in [1.82, 2.24) is 19.9 Å². The maximum atomic E-state index is 13.8. The van der Waals surface area contributed by atoms with Crippen molar-refractivity contribution in [3.8, 4) is 11.4 Å². The lowest BCUT2D eigenvalue weighted by molar-refractivity contribution is -0.137. The first-order chi connectivity index (χ1) is 16.2. The number of hydrogen-bond donors (Lipinski definition) is 0. The average Bonchev–Trinajstić information content (AvgIpc) is 3.37. The van der Waals surface area contributed by atoms with Gasteiger partial charge in [0.25, 0.3) is 5.91 Å². The maximum absolute atomic E-state index is 13.8. The van der Waals surface area contributed by atoms with Gasteiger partial charge in [0.1, 0.15) is 0 Å². The van der Waals surface area contributed by atoms with Gasteiger partial charge < -0.3 is 4.90 Å². The zero-order chi connectivity index (χ0) is 24.0. The number of carbonyl (C=O) groups is 1. The first kappa shape index (κ1) is 22.8. The van der Waals surface area contributed by atoms with E-state index in [0.29, 0.717) is 23.5 Å². The molecule has 0 spiro atoms. The second kappa shape index (κ2) is 8.65. The van der Waals surface area contributed by atoms with Crippen LogP contribution < -0.4 is 0 Å². The summed E-state index contributed by atoms with van der Waals surface area (Å²) in [5, 5.41) is 0.0117. The van der Waals surface area contributed by atoms with E-state index in [4.69, 9.17) is 11.6 Å². The van der Waals surface area contributed by atoms with E-state index < -0.39 is 11.7 Å². The summed E-state index contributed by atoms with van der Waals surface area (Å²) < 4.78 is 38.9. The Labute approximate surface area is 200 Å². The number of hydrogen-bond acceptors (Lipinski definition) is 4. The Morgan fingerprint density at radius 1 is 1.15 bits per heavy atom. The second-order valence-corrected chi connectivity index (χ2v) is 9.34. The molecule has 2 aliphatic rings. The van der Waals surface area contributed by atoms with Crippen LogP contribution in [-0.4, -0.2) is 37.8 Å². The van der Waals surface area contributed by atoms with Crippen LogP contribution in [0.15, 0.2) is 48.9 Å². The van der Waals surface area contributed by atoms with E-state index in [-0.39, 0.29) is 28.9 Å². The van der Waals surface area contributed by atoms with E-state index in [1.54, 1.807) is 18.5 Å². The van der Waals surface area contributed by atoms with Crippen molar-refractivity contribution < 1.29 is 18.0 Å². The smallest absolute Gasteiger partial charge is 0.332 e. The van der Waals surface area contributed by atoms with Gasteiger partial charge in [0, 0.05) is 36.2 Å². The fourth-order valence-corrected chi connectivity index (χ4v) is 5.62. The summed E-state index contributed by atoms with van der Waals surface area (Å²) in [6, 6.07) is 8.33. The molecule has 2 saturated heterocycles. The van der Waals surface area contributed by atoms with Gasteiger partial charge in [-0.05, 0) is 62.3 Å². The van der Waals surface area contributed by atoms with Crippen molar-refractivity contribution in [2.75, 3.05) is 0 Å². The van der Waals surface area contributed by atoms with E-state index >= 15 is 0 Å². The van der Waals surface area contributed by atoms with Crippen LogP contribution in [0.4, 0.5) is 13.2 Å². The van der Waals surface area contributed by atoms with Gasteiger partial charge in [-0.25, -0.2) is 9.97 Å². The van der Waals surface area contributed by atoms with Crippen molar-refractivity contribution in [3.05, 3.63) is 76.3 Å². The molecule has 3 aromatic rings. The third-order valence-electron chi connectivity index (χ3n) is 6.89. The van der Waals surface area contributed by atoms with Crippen LogP contribution in [0.25, 0.3) is 11.4 Å². The van der Waals surface area contributed by atoms with Crippen molar-refractivity contribution >= 4 is 17.5 Å². The van der Waals surface area contributed by atoms with Crippen LogP contribution in [0.1, 0.15) is 46.4 Å². The molecule has 5 rings (SSSR count). The Hall–Kier alpha value is -3.00. The zero-order valence-corrected chi connectivity index (χ0v) is 19.1. The van der Waals surface area contributed by atoms with Gasteiger partial charge in [-0.15, -0.1) is 0 Å². The van der Waals surface area contributed by atoms with Crippen LogP contribution >= 0.6 is 11.6 Å². The van der Waals surface area contributed by atoms with Crippen molar-refractivity contribution in [2.45, 2.75) is 50.9 Å². The van der Waals surface area contributed by atoms with Gasteiger partial charge >= 0.3 is 6.18 Å². The molecule has 2 bridgehead atoms. The highest BCUT2D eigenvalue weighted by molar-refractivity contribution is 6.31. The minimum Gasteiger partial charge on any atom is -0.332 e. The topological polar surface area (TPSA) is 59.0 Å². The van der Waals surface area contributed by atoms with E-state index in [0.717, 1.165) is 42.7 Å². The van der Waals surface area contributed by atoms with Gasteiger partial charge in [-0.3, -0.25) is 9.78 Å². The quantitative estimate of drug-likeness (QED) is 0.471. The maximum Gasteiger partial charge on any atom is 0.417 e. The summed E-state index contributed by atoms with van der Waals surface area (Å²) in [5.74, 6) is 0.533. The highest BCUT2D eigenvalue weighted by atomic mass is 35.5. The van der Waals surface area contributed by atoms with Gasteiger partial charge in [0.05, 0.1) is 21.8 Å². The number of fused-ring (bicyclic) bond motifs is 2. The molecular weight excluding hydrogens is 465 g/mol. The third kappa shape index (κ3) is 4.04. The number of carbonyl (C=O) groups excluding carboxylic acids is 1. The minimum absolute atomic E-state index is 0.0114. The normalized spacial score (nSPS) is 21.8. The number of rotatable bonds is 4. The molecule has 0 N–H and O–H groups in total. The summed E-state index contributed by atoms with van der Waals surface area (Å²) in [4.78, 5) is 28.4. The molecule has 1 aromatic carbocycles. The van der Waals surface area contributed by atoms with Crippen LogP contribution in [0.2, 0.25) is 5.02 Å². The molecule has 0 radical (unpaired) electrons. The Bertz CT molecular complexity index is 1230. The molecule has 0 aliphatic carbocycles. The summed E-state index contributed by atoms with van der Waals surface area (Å²) in [7, 11) is 0. The van der Waals surface area contributed by atoms with Gasteiger partial charge in [-0.1, -0.05) is 23.7 Å². The predicted octanol–water partition coefficient (Wildman–Crippen LogP) is 5.76. The number of nitrogens with zero attached hydrogens (tertiary/aromatic N) is 4.